The summed E-state index contributed by atoms with van der Waals surface area (Å²) in [4.78, 5) is 8.20. The third-order valence-corrected chi connectivity index (χ3v) is 5.97. The molecule has 11 heteroatoms. The predicted octanol–water partition coefficient (Wildman–Crippen LogP) is 6.15. The lowest BCUT2D eigenvalue weighted by atomic mass is 9.83. The summed E-state index contributed by atoms with van der Waals surface area (Å²) in [5.41, 5.74) is -0.0810. The number of aliphatic hydroxyl groups is 1. The van der Waals surface area contributed by atoms with E-state index in [2.05, 4.69) is 9.97 Å². The Kier molecular flexibility index (Phi) is 6.22. The average molecular weight is 517 g/mol. The molecule has 5 nitrogen and oxygen atoms in total. The lowest BCUT2D eigenvalue weighted by molar-refractivity contribution is -0.153. The van der Waals surface area contributed by atoms with Crippen LogP contribution in [0.4, 0.5) is 13.2 Å². The summed E-state index contributed by atoms with van der Waals surface area (Å²) in [6.07, 6.45) is -1.54. The van der Waals surface area contributed by atoms with E-state index >= 15 is 0 Å². The van der Waals surface area contributed by atoms with Gasteiger partial charge in [0.05, 0.1) is 28.8 Å². The molecule has 2 aromatic carbocycles. The van der Waals surface area contributed by atoms with Gasteiger partial charge in [0.25, 0.3) is 0 Å². The van der Waals surface area contributed by atoms with Gasteiger partial charge < -0.3 is 14.4 Å². The highest BCUT2D eigenvalue weighted by atomic mass is 35.5. The lowest BCUT2D eigenvalue weighted by Gasteiger charge is -2.30. The van der Waals surface area contributed by atoms with Crippen LogP contribution < -0.4 is 4.74 Å². The third kappa shape index (κ3) is 4.48. The van der Waals surface area contributed by atoms with Gasteiger partial charge in [0.1, 0.15) is 0 Å². The van der Waals surface area contributed by atoms with E-state index < -0.39 is 24.1 Å². The van der Waals surface area contributed by atoms with Crippen molar-refractivity contribution >= 4 is 45.7 Å². The summed E-state index contributed by atoms with van der Waals surface area (Å²) in [7, 11) is 1.72. The SMILES string of the molecule is Cn1cncc1C(O)(c1ccc(Cl)cc1)c1ccc2nc(Cl)c(OCC(F)(F)F)c(Cl)c2c1. The van der Waals surface area contributed by atoms with E-state index in [0.717, 1.165) is 0 Å². The fraction of sp³-hybridized carbons (Fsp3) is 0.182. The van der Waals surface area contributed by atoms with Crippen LogP contribution in [0.3, 0.4) is 0 Å². The number of hydrogen-bond donors (Lipinski definition) is 1. The molecule has 0 aliphatic carbocycles. The summed E-state index contributed by atoms with van der Waals surface area (Å²) in [6.45, 7) is -1.58. The molecule has 33 heavy (non-hydrogen) atoms. The van der Waals surface area contributed by atoms with Crippen LogP contribution in [0.2, 0.25) is 15.2 Å². The van der Waals surface area contributed by atoms with E-state index in [4.69, 9.17) is 39.5 Å². The topological polar surface area (TPSA) is 60.2 Å². The van der Waals surface area contributed by atoms with Crippen molar-refractivity contribution in [2.24, 2.45) is 7.05 Å². The van der Waals surface area contributed by atoms with E-state index in [1.807, 2.05) is 0 Å². The van der Waals surface area contributed by atoms with Crippen LogP contribution in [0.15, 0.2) is 55.0 Å². The molecule has 0 spiro atoms. The zero-order chi connectivity index (χ0) is 24.0. The molecule has 0 saturated carbocycles. The number of ether oxygens (including phenoxy) is 1. The van der Waals surface area contributed by atoms with Crippen molar-refractivity contribution in [2.45, 2.75) is 11.8 Å². The fourth-order valence-corrected chi connectivity index (χ4v) is 4.25. The Hall–Kier alpha value is -2.52. The molecule has 0 bridgehead atoms. The van der Waals surface area contributed by atoms with E-state index in [1.165, 1.54) is 18.6 Å². The van der Waals surface area contributed by atoms with Crippen molar-refractivity contribution in [2.75, 3.05) is 6.61 Å². The van der Waals surface area contributed by atoms with Crippen LogP contribution in [0, 0.1) is 0 Å². The number of halogens is 6. The second-order valence-corrected chi connectivity index (χ2v) is 8.46. The number of alkyl halides is 3. The maximum atomic E-state index is 12.7. The molecule has 0 fully saturated rings. The fourth-order valence-electron chi connectivity index (χ4n) is 3.54. The van der Waals surface area contributed by atoms with Gasteiger partial charge in [-0.05, 0) is 35.4 Å². The number of benzene rings is 2. The Morgan fingerprint density at radius 1 is 1.03 bits per heavy atom. The minimum Gasteiger partial charge on any atom is -0.479 e. The zero-order valence-corrected chi connectivity index (χ0v) is 19.1. The number of pyridine rings is 1. The van der Waals surface area contributed by atoms with Crippen molar-refractivity contribution in [1.29, 1.82) is 0 Å². The molecule has 1 unspecified atom stereocenters. The van der Waals surface area contributed by atoms with E-state index in [-0.39, 0.29) is 15.6 Å². The molecule has 2 heterocycles. The van der Waals surface area contributed by atoms with Crippen molar-refractivity contribution in [1.82, 2.24) is 14.5 Å². The number of rotatable bonds is 5. The first-order chi connectivity index (χ1) is 15.5. The van der Waals surface area contributed by atoms with Crippen LogP contribution in [-0.4, -0.2) is 32.4 Å². The van der Waals surface area contributed by atoms with Crippen LogP contribution >= 0.6 is 34.8 Å². The van der Waals surface area contributed by atoms with Gasteiger partial charge in [-0.25, -0.2) is 9.97 Å². The molecule has 0 amide bonds. The van der Waals surface area contributed by atoms with Gasteiger partial charge in [0.2, 0.25) is 0 Å². The molecule has 0 aliphatic rings. The molecule has 4 rings (SSSR count). The molecule has 0 radical (unpaired) electrons. The number of hydrogen-bond acceptors (Lipinski definition) is 4. The van der Waals surface area contributed by atoms with Crippen LogP contribution in [0.25, 0.3) is 10.9 Å². The van der Waals surface area contributed by atoms with Crippen molar-refractivity contribution in [3.63, 3.8) is 0 Å². The standard InChI is InChI=1S/C22H15Cl3F3N3O2/c1-31-11-29-9-17(31)22(32,12-2-5-14(23)6-3-12)13-4-7-16-15(8-13)18(24)19(20(25)30-16)33-10-21(26,27)28/h2-9,11,32H,10H2,1H3. The monoisotopic (exact) mass is 515 g/mol. The number of aryl methyl sites for hydroxylation is 1. The van der Waals surface area contributed by atoms with Gasteiger partial charge in [-0.15, -0.1) is 0 Å². The largest absolute Gasteiger partial charge is 0.479 e. The molecule has 2 aromatic heterocycles. The van der Waals surface area contributed by atoms with E-state index in [0.29, 0.717) is 27.4 Å². The number of imidazole rings is 1. The van der Waals surface area contributed by atoms with Gasteiger partial charge in [-0.1, -0.05) is 53.0 Å². The van der Waals surface area contributed by atoms with Crippen molar-refractivity contribution in [3.05, 3.63) is 87.0 Å². The van der Waals surface area contributed by atoms with Gasteiger partial charge in [0, 0.05) is 17.5 Å². The molecule has 1 atom stereocenters. The van der Waals surface area contributed by atoms with Gasteiger partial charge in [0.15, 0.2) is 23.1 Å². The Bertz CT molecular complexity index is 1330. The average Bonchev–Trinajstić information content (AvgIpc) is 3.19. The zero-order valence-electron chi connectivity index (χ0n) is 16.9. The minimum atomic E-state index is -4.59. The summed E-state index contributed by atoms with van der Waals surface area (Å²) in [5.74, 6) is -0.393. The van der Waals surface area contributed by atoms with Crippen molar-refractivity contribution < 1.29 is 23.0 Å². The second kappa shape index (κ2) is 8.68. The molecule has 172 valence electrons. The summed E-state index contributed by atoms with van der Waals surface area (Å²) in [5, 5.41) is 12.3. The molecular formula is C22H15Cl3F3N3O2. The molecule has 4 aromatic rings. The summed E-state index contributed by atoms with van der Waals surface area (Å²) >= 11 is 18.4. The first kappa shape index (κ1) is 23.6. The Morgan fingerprint density at radius 2 is 1.70 bits per heavy atom. The lowest BCUT2D eigenvalue weighted by Crippen LogP contribution is -2.31. The predicted molar refractivity (Wildman–Crippen MR) is 120 cm³/mol. The minimum absolute atomic E-state index is 0.153. The Balaban J connectivity index is 1.92. The second-order valence-electron chi connectivity index (χ2n) is 7.29. The highest BCUT2D eigenvalue weighted by Gasteiger charge is 2.37. The van der Waals surface area contributed by atoms with E-state index in [1.54, 1.807) is 48.0 Å². The maximum absolute atomic E-state index is 12.7. The number of nitrogens with zero attached hydrogens (tertiary/aromatic N) is 3. The number of fused-ring (bicyclic) bond motifs is 1. The Labute approximate surface area is 201 Å². The first-order valence-electron chi connectivity index (χ1n) is 9.44. The van der Waals surface area contributed by atoms with Gasteiger partial charge in [-0.2, -0.15) is 13.2 Å². The third-order valence-electron chi connectivity index (χ3n) is 5.09. The highest BCUT2D eigenvalue weighted by Crippen LogP contribution is 2.42. The van der Waals surface area contributed by atoms with Crippen molar-refractivity contribution in [3.8, 4) is 5.75 Å². The maximum Gasteiger partial charge on any atom is 0.422 e. The van der Waals surface area contributed by atoms with Crippen LogP contribution in [0.1, 0.15) is 16.8 Å². The quantitative estimate of drug-likeness (QED) is 0.323. The Morgan fingerprint density at radius 3 is 2.30 bits per heavy atom. The van der Waals surface area contributed by atoms with Crippen LogP contribution in [-0.2, 0) is 12.6 Å². The van der Waals surface area contributed by atoms with Gasteiger partial charge >= 0.3 is 6.18 Å². The van der Waals surface area contributed by atoms with Crippen LogP contribution in [0.5, 0.6) is 5.75 Å². The molecule has 0 aliphatic heterocycles. The number of aromatic nitrogens is 3. The van der Waals surface area contributed by atoms with Gasteiger partial charge in [-0.3, -0.25) is 0 Å². The normalized spacial score (nSPS) is 13.8. The smallest absolute Gasteiger partial charge is 0.422 e. The van der Waals surface area contributed by atoms with E-state index in [9.17, 15) is 18.3 Å². The highest BCUT2D eigenvalue weighted by molar-refractivity contribution is 6.40. The summed E-state index contributed by atoms with van der Waals surface area (Å²) < 4.78 is 44.5. The molecule has 1 N–H and O–H groups in total. The molecule has 0 saturated heterocycles. The first-order valence-corrected chi connectivity index (χ1v) is 10.6. The molecular weight excluding hydrogens is 502 g/mol. The summed E-state index contributed by atoms with van der Waals surface area (Å²) in [6, 6.07) is 11.3.